The number of ether oxygens (including phenoxy) is 2. The van der Waals surface area contributed by atoms with Crippen molar-refractivity contribution in [1.82, 2.24) is 35.4 Å². The smallest absolute Gasteiger partial charge is 0.259 e. The zero-order valence-electron chi connectivity index (χ0n) is 16.7. The molecule has 1 atom stereocenters. The van der Waals surface area contributed by atoms with Gasteiger partial charge in [-0.3, -0.25) is 9.59 Å². The summed E-state index contributed by atoms with van der Waals surface area (Å²) in [5.74, 6) is 0.329. The van der Waals surface area contributed by atoms with E-state index in [1.54, 1.807) is 11.0 Å². The van der Waals surface area contributed by atoms with Crippen LogP contribution in [-0.2, 0) is 11.3 Å². The van der Waals surface area contributed by atoms with Crippen LogP contribution in [0, 0.1) is 0 Å². The third-order valence-corrected chi connectivity index (χ3v) is 6.07. The number of H-pyrrole nitrogens is 1. The first-order valence-electron chi connectivity index (χ1n) is 10.2. The predicted molar refractivity (Wildman–Crippen MR) is 102 cm³/mol. The first kappa shape index (κ1) is 18.9. The van der Waals surface area contributed by atoms with E-state index in [0.717, 1.165) is 25.7 Å². The van der Waals surface area contributed by atoms with Crippen LogP contribution in [0.4, 0.5) is 0 Å². The second-order valence-corrected chi connectivity index (χ2v) is 7.79. The predicted octanol–water partition coefficient (Wildman–Crippen LogP) is 0.715. The van der Waals surface area contributed by atoms with E-state index in [-0.39, 0.29) is 35.8 Å². The molecule has 2 aliphatic heterocycles. The zero-order valence-corrected chi connectivity index (χ0v) is 16.7. The maximum atomic E-state index is 13.3. The van der Waals surface area contributed by atoms with Crippen molar-refractivity contribution in [3.63, 3.8) is 0 Å². The van der Waals surface area contributed by atoms with Crippen LogP contribution in [-0.4, -0.2) is 80.1 Å². The summed E-state index contributed by atoms with van der Waals surface area (Å²) < 4.78 is 11.1. The first-order chi connectivity index (χ1) is 14.7. The van der Waals surface area contributed by atoms with Crippen LogP contribution in [0.2, 0.25) is 0 Å². The van der Waals surface area contributed by atoms with Crippen molar-refractivity contribution in [1.29, 1.82) is 0 Å². The van der Waals surface area contributed by atoms with E-state index in [4.69, 9.17) is 9.47 Å². The summed E-state index contributed by atoms with van der Waals surface area (Å²) >= 11 is 0. The number of fused-ring (bicyclic) bond motifs is 1. The molecule has 158 valence electrons. The Morgan fingerprint density at radius 3 is 2.90 bits per heavy atom. The van der Waals surface area contributed by atoms with Gasteiger partial charge in [0, 0.05) is 12.6 Å². The molecule has 1 unspecified atom stereocenters. The number of morpholine rings is 1. The number of pyridine rings is 1. The summed E-state index contributed by atoms with van der Waals surface area (Å²) in [6.07, 6.45) is 3.87. The van der Waals surface area contributed by atoms with E-state index < -0.39 is 6.10 Å². The van der Waals surface area contributed by atoms with Crippen LogP contribution in [0.5, 0.6) is 5.88 Å². The number of hydrogen-bond donors (Lipinski definition) is 1. The highest BCUT2D eigenvalue weighted by Crippen LogP contribution is 2.33. The molecule has 1 N–H and O–H groups in total. The number of methoxy groups -OCH3 is 1. The lowest BCUT2D eigenvalue weighted by Crippen LogP contribution is -2.42. The minimum Gasteiger partial charge on any atom is -0.480 e. The molecule has 3 aliphatic rings. The van der Waals surface area contributed by atoms with Gasteiger partial charge in [-0.25, -0.2) is 4.98 Å². The number of aromatic amines is 1. The van der Waals surface area contributed by atoms with Gasteiger partial charge in [-0.2, -0.15) is 5.21 Å². The molecule has 1 saturated heterocycles. The van der Waals surface area contributed by atoms with E-state index in [9.17, 15) is 9.59 Å². The molecule has 2 aromatic heterocycles. The van der Waals surface area contributed by atoms with Gasteiger partial charge in [0.05, 0.1) is 38.1 Å². The van der Waals surface area contributed by atoms with Crippen molar-refractivity contribution in [2.24, 2.45) is 0 Å². The molecule has 1 aliphatic carbocycles. The van der Waals surface area contributed by atoms with E-state index in [1.807, 2.05) is 4.90 Å². The van der Waals surface area contributed by atoms with Gasteiger partial charge in [-0.1, -0.05) is 18.1 Å². The van der Waals surface area contributed by atoms with Crippen LogP contribution in [0.1, 0.15) is 64.0 Å². The fourth-order valence-electron chi connectivity index (χ4n) is 4.51. The number of hydrogen-bond acceptors (Lipinski definition) is 8. The highest BCUT2D eigenvalue weighted by molar-refractivity contribution is 6.03. The third kappa shape index (κ3) is 3.18. The summed E-state index contributed by atoms with van der Waals surface area (Å²) in [5, 5.41) is 13.8. The average molecular weight is 413 g/mol. The van der Waals surface area contributed by atoms with E-state index >= 15 is 0 Å². The number of nitrogens with zero attached hydrogens (tertiary/aromatic N) is 6. The zero-order chi connectivity index (χ0) is 20.7. The summed E-state index contributed by atoms with van der Waals surface area (Å²) in [7, 11) is 1.48. The number of nitrogens with one attached hydrogen (secondary N) is 1. The molecule has 0 aromatic carbocycles. The van der Waals surface area contributed by atoms with Gasteiger partial charge < -0.3 is 19.3 Å². The Bertz CT molecular complexity index is 958. The fourth-order valence-corrected chi connectivity index (χ4v) is 4.51. The van der Waals surface area contributed by atoms with Crippen LogP contribution >= 0.6 is 0 Å². The summed E-state index contributed by atoms with van der Waals surface area (Å²) in [6.45, 7) is 1.51. The number of carbonyl (C=O) groups is 2. The molecule has 2 fully saturated rings. The van der Waals surface area contributed by atoms with Crippen molar-refractivity contribution < 1.29 is 19.1 Å². The van der Waals surface area contributed by atoms with Gasteiger partial charge in [0.25, 0.3) is 11.8 Å². The van der Waals surface area contributed by atoms with Gasteiger partial charge in [0.15, 0.2) is 0 Å². The number of carbonyl (C=O) groups excluding carboxylic acids is 2. The molecule has 11 heteroatoms. The van der Waals surface area contributed by atoms with Crippen molar-refractivity contribution in [3.8, 4) is 5.88 Å². The Hall–Kier alpha value is -3.08. The van der Waals surface area contributed by atoms with Gasteiger partial charge in [-0.05, 0) is 18.9 Å². The molecule has 5 rings (SSSR count). The summed E-state index contributed by atoms with van der Waals surface area (Å²) in [6, 6.07) is 1.89. The Kier molecular flexibility index (Phi) is 4.81. The lowest BCUT2D eigenvalue weighted by molar-refractivity contribution is -0.0269. The Balaban J connectivity index is 1.41. The molecule has 30 heavy (non-hydrogen) atoms. The monoisotopic (exact) mass is 413 g/mol. The minimum absolute atomic E-state index is 0.0484. The maximum Gasteiger partial charge on any atom is 0.259 e. The quantitative estimate of drug-likeness (QED) is 0.777. The van der Waals surface area contributed by atoms with Crippen LogP contribution in [0.25, 0.3) is 0 Å². The summed E-state index contributed by atoms with van der Waals surface area (Å²) in [5.41, 5.74) is 1.45. The fraction of sp³-hybridized carbons (Fsp3) is 0.579. The van der Waals surface area contributed by atoms with Crippen LogP contribution in [0.3, 0.4) is 0 Å². The lowest BCUT2D eigenvalue weighted by Gasteiger charge is -2.31. The number of aromatic nitrogens is 5. The highest BCUT2D eigenvalue weighted by Gasteiger charge is 2.37. The molecule has 0 radical (unpaired) electrons. The molecule has 2 amide bonds. The Morgan fingerprint density at radius 1 is 1.33 bits per heavy atom. The van der Waals surface area contributed by atoms with Gasteiger partial charge in [0.1, 0.15) is 11.7 Å². The maximum absolute atomic E-state index is 13.3. The van der Waals surface area contributed by atoms with Crippen LogP contribution < -0.4 is 4.74 Å². The first-order valence-corrected chi connectivity index (χ1v) is 10.2. The Morgan fingerprint density at radius 2 is 2.17 bits per heavy atom. The molecule has 0 spiro atoms. The second kappa shape index (κ2) is 7.63. The van der Waals surface area contributed by atoms with E-state index in [1.165, 1.54) is 7.11 Å². The number of tetrazole rings is 1. The van der Waals surface area contributed by atoms with Gasteiger partial charge in [0.2, 0.25) is 11.7 Å². The van der Waals surface area contributed by atoms with Crippen molar-refractivity contribution in [2.45, 2.75) is 44.4 Å². The largest absolute Gasteiger partial charge is 0.480 e. The number of rotatable bonds is 4. The van der Waals surface area contributed by atoms with E-state index in [0.29, 0.717) is 36.8 Å². The van der Waals surface area contributed by atoms with Crippen molar-refractivity contribution >= 4 is 11.8 Å². The second-order valence-electron chi connectivity index (χ2n) is 7.79. The molecule has 2 aromatic rings. The molecule has 11 nitrogen and oxygen atoms in total. The third-order valence-electron chi connectivity index (χ3n) is 6.07. The van der Waals surface area contributed by atoms with Crippen LogP contribution in [0.15, 0.2) is 6.07 Å². The standard InChI is InChI=1S/C19H23N7O4/c1-29-17-13(18(27)25-6-7-30-15(10-25)16-21-23-24-22-16)8-12-14(20-17)9-26(19(12)28)11-4-2-3-5-11/h8,11,15H,2-7,9-10H2,1H3,(H,21,22,23,24). The summed E-state index contributed by atoms with van der Waals surface area (Å²) in [4.78, 5) is 34.4. The lowest BCUT2D eigenvalue weighted by atomic mass is 10.1. The molecular formula is C19H23N7O4. The molecule has 1 saturated carbocycles. The van der Waals surface area contributed by atoms with Crippen molar-refractivity contribution in [2.75, 3.05) is 26.8 Å². The number of amides is 2. The molecular weight excluding hydrogens is 390 g/mol. The van der Waals surface area contributed by atoms with E-state index in [2.05, 4.69) is 25.6 Å². The minimum atomic E-state index is -0.464. The molecule has 4 heterocycles. The highest BCUT2D eigenvalue weighted by atomic mass is 16.5. The van der Waals surface area contributed by atoms with Gasteiger partial charge in [-0.15, -0.1) is 10.2 Å². The molecule has 0 bridgehead atoms. The normalized spacial score (nSPS) is 21.9. The van der Waals surface area contributed by atoms with Crippen molar-refractivity contribution in [3.05, 3.63) is 28.7 Å². The van der Waals surface area contributed by atoms with Gasteiger partial charge >= 0.3 is 0 Å². The Labute approximate surface area is 172 Å². The average Bonchev–Trinajstić information content (AvgIpc) is 3.54. The SMILES string of the molecule is COc1nc2c(cc1C(=O)N1CCOC(c3nn[nH]n3)C1)C(=O)N(C1CCCC1)C2. The topological polar surface area (TPSA) is 126 Å².